The number of nitrogens with zero attached hydrogens (tertiary/aromatic N) is 2. The number of aromatic nitrogens is 2. The molecule has 0 aliphatic heterocycles. The number of aryl methyl sites for hydroxylation is 1. The van der Waals surface area contributed by atoms with E-state index in [1.54, 1.807) is 0 Å². The van der Waals surface area contributed by atoms with Crippen LogP contribution in [0, 0.1) is 11.6 Å². The highest BCUT2D eigenvalue weighted by Crippen LogP contribution is 2.23. The van der Waals surface area contributed by atoms with Gasteiger partial charge in [0.05, 0.1) is 17.1 Å². The molecule has 0 saturated carbocycles. The molecule has 0 radical (unpaired) electrons. The molecular weight excluding hydrogens is 272 g/mol. The molecule has 0 fully saturated rings. The number of imidazole rings is 1. The van der Waals surface area contributed by atoms with Gasteiger partial charge in [0, 0.05) is 18.8 Å². The summed E-state index contributed by atoms with van der Waals surface area (Å²) in [5, 5.41) is 3.08. The van der Waals surface area contributed by atoms with Crippen molar-refractivity contribution in [1.82, 2.24) is 9.55 Å². The van der Waals surface area contributed by atoms with Gasteiger partial charge in [0.15, 0.2) is 0 Å². The van der Waals surface area contributed by atoms with Crippen molar-refractivity contribution in [1.29, 1.82) is 0 Å². The summed E-state index contributed by atoms with van der Waals surface area (Å²) in [5.41, 5.74) is 2.31. The van der Waals surface area contributed by atoms with Crippen LogP contribution in [0.4, 0.5) is 14.5 Å². The maximum Gasteiger partial charge on any atom is 0.131 e. The number of rotatable bonds is 3. The normalized spacial score (nSPS) is 12.6. The average molecular weight is 287 g/mol. The Bertz CT molecular complexity index is 775. The first-order valence-electron chi connectivity index (χ1n) is 6.68. The first-order valence-corrected chi connectivity index (χ1v) is 6.68. The molecule has 0 bridgehead atoms. The second-order valence-electron chi connectivity index (χ2n) is 5.04. The van der Waals surface area contributed by atoms with E-state index in [9.17, 15) is 8.78 Å². The third kappa shape index (κ3) is 2.59. The van der Waals surface area contributed by atoms with Crippen LogP contribution in [0.15, 0.2) is 42.5 Å². The highest BCUT2D eigenvalue weighted by Gasteiger charge is 2.14. The fraction of sp³-hybridized carbons (Fsp3) is 0.188. The number of halogens is 2. The minimum absolute atomic E-state index is 0.177. The summed E-state index contributed by atoms with van der Waals surface area (Å²) >= 11 is 0. The maximum atomic E-state index is 13.2. The fourth-order valence-corrected chi connectivity index (χ4v) is 2.50. The molecule has 3 aromatic rings. The Hall–Kier alpha value is -2.43. The van der Waals surface area contributed by atoms with E-state index in [2.05, 4.69) is 10.3 Å². The quantitative estimate of drug-likeness (QED) is 0.788. The molecule has 0 aliphatic rings. The molecule has 0 spiro atoms. The largest absolute Gasteiger partial charge is 0.375 e. The smallest absolute Gasteiger partial charge is 0.131 e. The molecule has 3 nitrogen and oxygen atoms in total. The van der Waals surface area contributed by atoms with E-state index < -0.39 is 11.6 Å². The Morgan fingerprint density at radius 2 is 1.76 bits per heavy atom. The minimum atomic E-state index is -0.602. The van der Waals surface area contributed by atoms with Gasteiger partial charge in [-0.25, -0.2) is 13.8 Å². The zero-order valence-electron chi connectivity index (χ0n) is 11.8. The van der Waals surface area contributed by atoms with E-state index in [4.69, 9.17) is 0 Å². The molecule has 1 N–H and O–H groups in total. The molecule has 0 saturated heterocycles. The van der Waals surface area contributed by atoms with Crippen LogP contribution in [0.2, 0.25) is 0 Å². The number of hydrogen-bond acceptors (Lipinski definition) is 2. The summed E-state index contributed by atoms with van der Waals surface area (Å²) in [4.78, 5) is 4.57. The van der Waals surface area contributed by atoms with Crippen LogP contribution < -0.4 is 5.32 Å². The van der Waals surface area contributed by atoms with Crippen LogP contribution in [-0.4, -0.2) is 9.55 Å². The van der Waals surface area contributed by atoms with Gasteiger partial charge in [-0.05, 0) is 31.2 Å². The summed E-state index contributed by atoms with van der Waals surface area (Å²) in [5.74, 6) is -0.398. The van der Waals surface area contributed by atoms with Crippen molar-refractivity contribution in [3.63, 3.8) is 0 Å². The molecule has 0 amide bonds. The SMILES string of the molecule is CC(Nc1cc(F)cc(F)c1)c1nc2ccccc2n1C. The Morgan fingerprint density at radius 1 is 1.10 bits per heavy atom. The van der Waals surface area contributed by atoms with E-state index in [0.29, 0.717) is 5.69 Å². The highest BCUT2D eigenvalue weighted by atomic mass is 19.1. The Morgan fingerprint density at radius 3 is 2.43 bits per heavy atom. The Labute approximate surface area is 121 Å². The fourth-order valence-electron chi connectivity index (χ4n) is 2.50. The zero-order chi connectivity index (χ0) is 15.0. The van der Waals surface area contributed by atoms with Crippen molar-refractivity contribution in [3.05, 3.63) is 59.9 Å². The van der Waals surface area contributed by atoms with E-state index in [1.165, 1.54) is 12.1 Å². The van der Waals surface area contributed by atoms with Gasteiger partial charge >= 0.3 is 0 Å². The van der Waals surface area contributed by atoms with Gasteiger partial charge in [0.2, 0.25) is 0 Å². The predicted octanol–water partition coefficient (Wildman–Crippen LogP) is 4.02. The standard InChI is InChI=1S/C16H15F2N3/c1-10(19-13-8-11(17)7-12(18)9-13)16-20-14-5-3-4-6-15(14)21(16)2/h3-10,19H,1-2H3. The third-order valence-electron chi connectivity index (χ3n) is 3.45. The third-order valence-corrected chi connectivity index (χ3v) is 3.45. The molecule has 2 aromatic carbocycles. The number of para-hydroxylation sites is 2. The maximum absolute atomic E-state index is 13.2. The highest BCUT2D eigenvalue weighted by molar-refractivity contribution is 5.76. The van der Waals surface area contributed by atoms with Crippen molar-refractivity contribution in [2.75, 3.05) is 5.32 Å². The van der Waals surface area contributed by atoms with Crippen LogP contribution in [0.25, 0.3) is 11.0 Å². The van der Waals surface area contributed by atoms with Gasteiger partial charge in [0.25, 0.3) is 0 Å². The Kier molecular flexibility index (Phi) is 3.33. The van der Waals surface area contributed by atoms with Crippen molar-refractivity contribution in [3.8, 4) is 0 Å². The predicted molar refractivity (Wildman–Crippen MR) is 79.1 cm³/mol. The second-order valence-corrected chi connectivity index (χ2v) is 5.04. The summed E-state index contributed by atoms with van der Waals surface area (Å²) in [6.45, 7) is 1.91. The summed E-state index contributed by atoms with van der Waals surface area (Å²) in [6.07, 6.45) is 0. The molecule has 3 rings (SSSR count). The van der Waals surface area contributed by atoms with Crippen molar-refractivity contribution < 1.29 is 8.78 Å². The number of hydrogen-bond donors (Lipinski definition) is 1. The average Bonchev–Trinajstić information content (AvgIpc) is 2.76. The van der Waals surface area contributed by atoms with Crippen LogP contribution in [0.1, 0.15) is 18.8 Å². The molecule has 108 valence electrons. The lowest BCUT2D eigenvalue weighted by Crippen LogP contribution is -2.12. The molecule has 1 heterocycles. The van der Waals surface area contributed by atoms with E-state index in [1.807, 2.05) is 42.8 Å². The van der Waals surface area contributed by atoms with E-state index in [0.717, 1.165) is 22.9 Å². The minimum Gasteiger partial charge on any atom is -0.375 e. The summed E-state index contributed by atoms with van der Waals surface area (Å²) < 4.78 is 28.4. The van der Waals surface area contributed by atoms with Gasteiger partial charge in [0.1, 0.15) is 17.5 Å². The van der Waals surface area contributed by atoms with Crippen LogP contribution in [-0.2, 0) is 7.05 Å². The van der Waals surface area contributed by atoms with Gasteiger partial charge in [-0.1, -0.05) is 12.1 Å². The topological polar surface area (TPSA) is 29.9 Å². The second kappa shape index (κ2) is 5.16. The first kappa shape index (κ1) is 13.5. The first-order chi connectivity index (χ1) is 10.0. The molecule has 1 unspecified atom stereocenters. The molecule has 5 heteroatoms. The Balaban J connectivity index is 1.93. The number of anilines is 1. The van der Waals surface area contributed by atoms with Gasteiger partial charge in [-0.15, -0.1) is 0 Å². The lowest BCUT2D eigenvalue weighted by molar-refractivity contribution is 0.583. The molecule has 0 aliphatic carbocycles. The zero-order valence-corrected chi connectivity index (χ0v) is 11.8. The summed E-state index contributed by atoms with van der Waals surface area (Å²) in [6, 6.07) is 11.0. The van der Waals surface area contributed by atoms with Crippen LogP contribution >= 0.6 is 0 Å². The van der Waals surface area contributed by atoms with Crippen LogP contribution in [0.3, 0.4) is 0 Å². The van der Waals surface area contributed by atoms with Crippen molar-refractivity contribution in [2.24, 2.45) is 7.05 Å². The van der Waals surface area contributed by atoms with Crippen molar-refractivity contribution >= 4 is 16.7 Å². The van der Waals surface area contributed by atoms with Crippen molar-refractivity contribution in [2.45, 2.75) is 13.0 Å². The number of nitrogens with one attached hydrogen (secondary N) is 1. The number of fused-ring (bicyclic) bond motifs is 1. The summed E-state index contributed by atoms with van der Waals surface area (Å²) in [7, 11) is 1.93. The molecular formula is C16H15F2N3. The molecule has 1 aromatic heterocycles. The van der Waals surface area contributed by atoms with E-state index >= 15 is 0 Å². The van der Waals surface area contributed by atoms with E-state index in [-0.39, 0.29) is 6.04 Å². The number of benzene rings is 2. The monoisotopic (exact) mass is 287 g/mol. The lowest BCUT2D eigenvalue weighted by atomic mass is 10.2. The lowest BCUT2D eigenvalue weighted by Gasteiger charge is -2.15. The van der Waals surface area contributed by atoms with Gasteiger partial charge in [-0.3, -0.25) is 0 Å². The van der Waals surface area contributed by atoms with Gasteiger partial charge < -0.3 is 9.88 Å². The molecule has 21 heavy (non-hydrogen) atoms. The van der Waals surface area contributed by atoms with Crippen LogP contribution in [0.5, 0.6) is 0 Å². The van der Waals surface area contributed by atoms with Gasteiger partial charge in [-0.2, -0.15) is 0 Å². The molecule has 1 atom stereocenters.